The number of aromatic nitrogens is 2. The van der Waals surface area contributed by atoms with Crippen LogP contribution in [0.2, 0.25) is 0 Å². The van der Waals surface area contributed by atoms with E-state index in [1.54, 1.807) is 4.57 Å². The first kappa shape index (κ1) is 10.5. The van der Waals surface area contributed by atoms with Crippen molar-refractivity contribution in [1.82, 2.24) is 14.5 Å². The maximum atomic E-state index is 11.8. The van der Waals surface area contributed by atoms with Crippen molar-refractivity contribution < 1.29 is 0 Å². The van der Waals surface area contributed by atoms with Crippen LogP contribution in [0.4, 0.5) is 0 Å². The quantitative estimate of drug-likeness (QED) is 0.794. The van der Waals surface area contributed by atoms with Gasteiger partial charge in [-0.05, 0) is 38.8 Å². The topological polar surface area (TPSA) is 39.0 Å². The second-order valence-corrected chi connectivity index (χ2v) is 4.23. The van der Waals surface area contributed by atoms with Crippen LogP contribution in [0.15, 0.2) is 17.2 Å². The summed E-state index contributed by atoms with van der Waals surface area (Å²) in [6, 6.07) is 0. The van der Waals surface area contributed by atoms with E-state index < -0.39 is 0 Å². The Labute approximate surface area is 89.9 Å². The molecule has 84 valence electrons. The molecule has 1 N–H and O–H groups in total. The minimum atomic E-state index is 0.128. The number of nitrogens with one attached hydrogen (secondary N) is 1. The number of imidazole rings is 1. The molecule has 0 saturated carbocycles. The number of hydrogen-bond acceptors (Lipinski definition) is 2. The van der Waals surface area contributed by atoms with Gasteiger partial charge in [0.25, 0.3) is 0 Å². The molecule has 0 radical (unpaired) electrons. The Morgan fingerprint density at radius 3 is 2.87 bits per heavy atom. The number of piperidine rings is 1. The van der Waals surface area contributed by atoms with Crippen LogP contribution >= 0.6 is 0 Å². The Morgan fingerprint density at radius 1 is 1.47 bits per heavy atom. The molecule has 1 aliphatic heterocycles. The highest BCUT2D eigenvalue weighted by molar-refractivity contribution is 4.83. The van der Waals surface area contributed by atoms with Gasteiger partial charge in [0.2, 0.25) is 0 Å². The fourth-order valence-corrected chi connectivity index (χ4v) is 2.19. The van der Waals surface area contributed by atoms with Gasteiger partial charge in [0.15, 0.2) is 0 Å². The molecular formula is C11H19N3O. The number of nitrogens with zero attached hydrogens (tertiary/aromatic N) is 2. The van der Waals surface area contributed by atoms with Crippen LogP contribution in [0.3, 0.4) is 0 Å². The summed E-state index contributed by atoms with van der Waals surface area (Å²) < 4.78 is 3.58. The van der Waals surface area contributed by atoms with Crippen LogP contribution < -0.4 is 11.0 Å². The molecule has 0 amide bonds. The molecule has 0 aromatic carbocycles. The van der Waals surface area contributed by atoms with Gasteiger partial charge in [0.1, 0.15) is 0 Å². The van der Waals surface area contributed by atoms with E-state index in [-0.39, 0.29) is 5.69 Å². The Kier molecular flexibility index (Phi) is 3.26. The minimum absolute atomic E-state index is 0.128. The molecule has 1 atom stereocenters. The van der Waals surface area contributed by atoms with Gasteiger partial charge in [-0.25, -0.2) is 4.79 Å². The van der Waals surface area contributed by atoms with E-state index in [4.69, 9.17) is 0 Å². The van der Waals surface area contributed by atoms with Crippen LogP contribution in [-0.4, -0.2) is 22.2 Å². The molecule has 2 heterocycles. The molecule has 1 aromatic rings. The summed E-state index contributed by atoms with van der Waals surface area (Å²) in [5, 5.41) is 3.37. The highest BCUT2D eigenvalue weighted by Gasteiger charge is 2.14. The van der Waals surface area contributed by atoms with Crippen LogP contribution in [0, 0.1) is 5.92 Å². The average Bonchev–Trinajstić information content (AvgIpc) is 2.62. The molecule has 0 spiro atoms. The zero-order valence-electron chi connectivity index (χ0n) is 9.28. The van der Waals surface area contributed by atoms with E-state index in [1.807, 2.05) is 23.9 Å². The summed E-state index contributed by atoms with van der Waals surface area (Å²) in [5.74, 6) is 0.615. The summed E-state index contributed by atoms with van der Waals surface area (Å²) in [4.78, 5) is 11.8. The van der Waals surface area contributed by atoms with Crippen molar-refractivity contribution in [2.75, 3.05) is 13.1 Å². The molecule has 1 fully saturated rings. The van der Waals surface area contributed by atoms with Crippen molar-refractivity contribution in [2.45, 2.75) is 32.9 Å². The standard InChI is InChI=1S/C11H19N3O/c1-2-13-6-7-14(11(13)15)9-10-4-3-5-12-8-10/h6-7,10,12H,2-5,8-9H2,1H3. The van der Waals surface area contributed by atoms with E-state index in [9.17, 15) is 4.79 Å². The summed E-state index contributed by atoms with van der Waals surface area (Å²) in [6.45, 7) is 5.78. The summed E-state index contributed by atoms with van der Waals surface area (Å²) in [7, 11) is 0. The predicted octanol–water partition coefficient (Wildman–Crippen LogP) is 0.669. The largest absolute Gasteiger partial charge is 0.328 e. The lowest BCUT2D eigenvalue weighted by Crippen LogP contribution is -2.34. The van der Waals surface area contributed by atoms with Gasteiger partial charge in [-0.2, -0.15) is 0 Å². The normalized spacial score (nSPS) is 21.8. The molecule has 4 heteroatoms. The van der Waals surface area contributed by atoms with Crippen molar-refractivity contribution in [2.24, 2.45) is 5.92 Å². The van der Waals surface area contributed by atoms with Crippen LogP contribution in [0.5, 0.6) is 0 Å². The van der Waals surface area contributed by atoms with Crippen molar-refractivity contribution in [1.29, 1.82) is 0 Å². The van der Waals surface area contributed by atoms with Crippen molar-refractivity contribution in [3.8, 4) is 0 Å². The number of rotatable bonds is 3. The van der Waals surface area contributed by atoms with Gasteiger partial charge >= 0.3 is 5.69 Å². The van der Waals surface area contributed by atoms with Gasteiger partial charge in [-0.15, -0.1) is 0 Å². The van der Waals surface area contributed by atoms with Crippen LogP contribution in [0.1, 0.15) is 19.8 Å². The first-order valence-electron chi connectivity index (χ1n) is 5.77. The van der Waals surface area contributed by atoms with E-state index in [2.05, 4.69) is 5.32 Å². The Balaban J connectivity index is 2.03. The average molecular weight is 209 g/mol. The SMILES string of the molecule is CCn1ccn(CC2CCCNC2)c1=O. The maximum absolute atomic E-state index is 11.8. The Bertz CT molecular complexity index is 360. The molecular weight excluding hydrogens is 190 g/mol. The van der Waals surface area contributed by atoms with Crippen LogP contribution in [-0.2, 0) is 13.1 Å². The first-order valence-corrected chi connectivity index (χ1v) is 5.77. The predicted molar refractivity (Wildman–Crippen MR) is 60.0 cm³/mol. The molecule has 1 aromatic heterocycles. The Morgan fingerprint density at radius 2 is 2.27 bits per heavy atom. The smallest absolute Gasteiger partial charge is 0.316 e. The lowest BCUT2D eigenvalue weighted by molar-refractivity contribution is 0.333. The summed E-state index contributed by atoms with van der Waals surface area (Å²) in [6.07, 6.45) is 6.24. The monoisotopic (exact) mass is 209 g/mol. The molecule has 4 nitrogen and oxygen atoms in total. The van der Waals surface area contributed by atoms with Gasteiger partial charge in [-0.3, -0.25) is 9.13 Å². The third-order valence-electron chi connectivity index (χ3n) is 3.11. The van der Waals surface area contributed by atoms with E-state index in [0.29, 0.717) is 5.92 Å². The number of aryl methyl sites for hydroxylation is 1. The molecule has 1 aliphatic rings. The summed E-state index contributed by atoms with van der Waals surface area (Å²) in [5.41, 5.74) is 0.128. The zero-order valence-corrected chi connectivity index (χ0v) is 9.28. The molecule has 15 heavy (non-hydrogen) atoms. The molecule has 2 rings (SSSR count). The van der Waals surface area contributed by atoms with Crippen molar-refractivity contribution in [3.63, 3.8) is 0 Å². The maximum Gasteiger partial charge on any atom is 0.328 e. The van der Waals surface area contributed by atoms with E-state index in [1.165, 1.54) is 12.8 Å². The Hall–Kier alpha value is -1.03. The lowest BCUT2D eigenvalue weighted by atomic mass is 10.00. The number of hydrogen-bond donors (Lipinski definition) is 1. The third-order valence-corrected chi connectivity index (χ3v) is 3.11. The fourth-order valence-electron chi connectivity index (χ4n) is 2.19. The zero-order chi connectivity index (χ0) is 10.7. The van der Waals surface area contributed by atoms with Gasteiger partial charge < -0.3 is 5.32 Å². The highest BCUT2D eigenvalue weighted by atomic mass is 16.1. The molecule has 0 bridgehead atoms. The lowest BCUT2D eigenvalue weighted by Gasteiger charge is -2.22. The van der Waals surface area contributed by atoms with Crippen molar-refractivity contribution >= 4 is 0 Å². The molecule has 1 saturated heterocycles. The van der Waals surface area contributed by atoms with E-state index in [0.717, 1.165) is 26.2 Å². The van der Waals surface area contributed by atoms with Crippen LogP contribution in [0.25, 0.3) is 0 Å². The first-order chi connectivity index (χ1) is 7.31. The fraction of sp³-hybridized carbons (Fsp3) is 0.727. The third kappa shape index (κ3) is 2.31. The second-order valence-electron chi connectivity index (χ2n) is 4.23. The van der Waals surface area contributed by atoms with Gasteiger partial charge in [0.05, 0.1) is 0 Å². The molecule has 1 unspecified atom stereocenters. The van der Waals surface area contributed by atoms with Gasteiger partial charge in [0, 0.05) is 25.5 Å². The minimum Gasteiger partial charge on any atom is -0.316 e. The van der Waals surface area contributed by atoms with Gasteiger partial charge in [-0.1, -0.05) is 0 Å². The summed E-state index contributed by atoms with van der Waals surface area (Å²) >= 11 is 0. The highest BCUT2D eigenvalue weighted by Crippen LogP contribution is 2.11. The second kappa shape index (κ2) is 4.66. The molecule has 0 aliphatic carbocycles. The van der Waals surface area contributed by atoms with E-state index >= 15 is 0 Å². The van der Waals surface area contributed by atoms with Crippen molar-refractivity contribution in [3.05, 3.63) is 22.9 Å².